The molecule has 0 N–H and O–H groups in total. The monoisotopic (exact) mass is 436 g/mol. The molecule has 170 valence electrons. The number of carbonyl (C=O) groups is 2. The molecule has 0 aromatic heterocycles. The fraction of sp³-hybridized carbons (Fsp3) is 0.462. The van der Waals surface area contributed by atoms with Crippen LogP contribution in [0.5, 0.6) is 11.5 Å². The summed E-state index contributed by atoms with van der Waals surface area (Å²) in [6, 6.07) is 15.1. The minimum Gasteiger partial charge on any atom is -0.497 e. The highest BCUT2D eigenvalue weighted by molar-refractivity contribution is 6.22. The molecule has 6 heteroatoms. The van der Waals surface area contributed by atoms with Crippen LogP contribution in [0.1, 0.15) is 38.2 Å². The highest BCUT2D eigenvalue weighted by Crippen LogP contribution is 2.31. The first-order valence-electron chi connectivity index (χ1n) is 11.6. The lowest BCUT2D eigenvalue weighted by molar-refractivity contribution is -0.123. The van der Waals surface area contributed by atoms with Gasteiger partial charge in [-0.25, -0.2) is 4.90 Å². The number of rotatable bonds is 8. The molecule has 4 rings (SSSR count). The third kappa shape index (κ3) is 4.96. The standard InChI is InChI=1S/C26H32N2O4/c1-3-32-23-12-8-21(9-13-23)28-25(29)18-24(26(28)30)27-16-14-20(15-17-27)5-4-19-6-10-22(31-2)11-7-19/h6-13,20,24H,3-5,14-18H2,1-2H3/t24-/m1/s1. The first-order chi connectivity index (χ1) is 15.6. The summed E-state index contributed by atoms with van der Waals surface area (Å²) in [6.45, 7) is 4.25. The Labute approximate surface area is 190 Å². The average molecular weight is 437 g/mol. The van der Waals surface area contributed by atoms with Gasteiger partial charge >= 0.3 is 0 Å². The molecule has 2 aliphatic heterocycles. The Morgan fingerprint density at radius 3 is 2.22 bits per heavy atom. The number of likely N-dealkylation sites (tertiary alicyclic amines) is 1. The molecule has 0 bridgehead atoms. The summed E-state index contributed by atoms with van der Waals surface area (Å²) in [6.07, 6.45) is 4.61. The number of piperidine rings is 1. The van der Waals surface area contributed by atoms with E-state index in [2.05, 4.69) is 17.0 Å². The third-order valence-corrected chi connectivity index (χ3v) is 6.62. The molecule has 2 aliphatic rings. The largest absolute Gasteiger partial charge is 0.497 e. The second-order valence-electron chi connectivity index (χ2n) is 8.58. The van der Waals surface area contributed by atoms with Crippen molar-refractivity contribution < 1.29 is 19.1 Å². The van der Waals surface area contributed by atoms with E-state index in [1.165, 1.54) is 10.5 Å². The number of benzene rings is 2. The molecule has 0 saturated carbocycles. The zero-order chi connectivity index (χ0) is 22.5. The lowest BCUT2D eigenvalue weighted by Crippen LogP contribution is -2.46. The van der Waals surface area contributed by atoms with Crippen molar-refractivity contribution in [2.45, 2.75) is 45.1 Å². The lowest BCUT2D eigenvalue weighted by Gasteiger charge is -2.34. The Balaban J connectivity index is 1.29. The number of hydrogen-bond acceptors (Lipinski definition) is 5. The molecule has 6 nitrogen and oxygen atoms in total. The summed E-state index contributed by atoms with van der Waals surface area (Å²) in [5.74, 6) is 2.06. The van der Waals surface area contributed by atoms with Gasteiger partial charge in [-0.15, -0.1) is 0 Å². The van der Waals surface area contributed by atoms with Gasteiger partial charge in [0.2, 0.25) is 5.91 Å². The van der Waals surface area contributed by atoms with Crippen molar-refractivity contribution in [3.8, 4) is 11.5 Å². The zero-order valence-corrected chi connectivity index (χ0v) is 19.0. The summed E-state index contributed by atoms with van der Waals surface area (Å²) in [4.78, 5) is 29.3. The topological polar surface area (TPSA) is 59.1 Å². The summed E-state index contributed by atoms with van der Waals surface area (Å²) < 4.78 is 10.7. The molecule has 2 aromatic rings. The van der Waals surface area contributed by atoms with Gasteiger partial charge in [0.1, 0.15) is 11.5 Å². The van der Waals surface area contributed by atoms with Crippen molar-refractivity contribution in [2.75, 3.05) is 31.7 Å². The van der Waals surface area contributed by atoms with E-state index < -0.39 is 0 Å². The van der Waals surface area contributed by atoms with Crippen molar-refractivity contribution in [3.63, 3.8) is 0 Å². The Morgan fingerprint density at radius 2 is 1.59 bits per heavy atom. The predicted octanol–water partition coefficient (Wildman–Crippen LogP) is 4.07. The molecular formula is C26H32N2O4. The van der Waals surface area contributed by atoms with Gasteiger partial charge in [-0.05, 0) is 93.6 Å². The van der Waals surface area contributed by atoms with Gasteiger partial charge in [0.05, 0.1) is 31.9 Å². The van der Waals surface area contributed by atoms with Gasteiger partial charge in [-0.2, -0.15) is 0 Å². The maximum absolute atomic E-state index is 13.1. The molecule has 2 amide bonds. The van der Waals surface area contributed by atoms with Crippen molar-refractivity contribution in [1.82, 2.24) is 4.90 Å². The lowest BCUT2D eigenvalue weighted by atomic mass is 9.90. The number of carbonyl (C=O) groups excluding carboxylic acids is 2. The quantitative estimate of drug-likeness (QED) is 0.584. The number of ether oxygens (including phenoxy) is 2. The van der Waals surface area contributed by atoms with Crippen molar-refractivity contribution in [2.24, 2.45) is 5.92 Å². The zero-order valence-electron chi connectivity index (χ0n) is 19.0. The van der Waals surface area contributed by atoms with E-state index >= 15 is 0 Å². The summed E-state index contributed by atoms with van der Waals surface area (Å²) in [5.41, 5.74) is 1.95. The number of anilines is 1. The summed E-state index contributed by atoms with van der Waals surface area (Å²) in [7, 11) is 1.68. The average Bonchev–Trinajstić information content (AvgIpc) is 3.13. The van der Waals surface area contributed by atoms with Gasteiger partial charge in [-0.1, -0.05) is 12.1 Å². The smallest absolute Gasteiger partial charge is 0.251 e. The van der Waals surface area contributed by atoms with Gasteiger partial charge in [0.15, 0.2) is 0 Å². The normalized spacial score (nSPS) is 20.1. The summed E-state index contributed by atoms with van der Waals surface area (Å²) in [5, 5.41) is 0. The van der Waals surface area contributed by atoms with E-state index in [0.717, 1.165) is 50.3 Å². The van der Waals surface area contributed by atoms with E-state index in [-0.39, 0.29) is 24.3 Å². The van der Waals surface area contributed by atoms with Crippen LogP contribution in [-0.2, 0) is 16.0 Å². The Bertz CT molecular complexity index is 918. The van der Waals surface area contributed by atoms with Crippen LogP contribution >= 0.6 is 0 Å². The Morgan fingerprint density at radius 1 is 0.938 bits per heavy atom. The van der Waals surface area contributed by atoms with Crippen LogP contribution in [0, 0.1) is 5.92 Å². The number of hydrogen-bond donors (Lipinski definition) is 0. The van der Waals surface area contributed by atoms with Crippen molar-refractivity contribution >= 4 is 17.5 Å². The predicted molar refractivity (Wildman–Crippen MR) is 124 cm³/mol. The second kappa shape index (κ2) is 10.2. The highest BCUT2D eigenvalue weighted by atomic mass is 16.5. The van der Waals surface area contributed by atoms with E-state index in [1.807, 2.05) is 19.1 Å². The van der Waals surface area contributed by atoms with E-state index in [4.69, 9.17) is 9.47 Å². The number of imide groups is 1. The van der Waals surface area contributed by atoms with Crippen LogP contribution in [0.2, 0.25) is 0 Å². The molecule has 0 spiro atoms. The number of methoxy groups -OCH3 is 1. The Hall–Kier alpha value is -2.86. The first-order valence-corrected chi connectivity index (χ1v) is 11.6. The fourth-order valence-corrected chi connectivity index (χ4v) is 4.75. The highest BCUT2D eigenvalue weighted by Gasteiger charge is 2.43. The van der Waals surface area contributed by atoms with Crippen LogP contribution in [-0.4, -0.2) is 49.6 Å². The fourth-order valence-electron chi connectivity index (χ4n) is 4.75. The molecular weight excluding hydrogens is 404 g/mol. The van der Waals surface area contributed by atoms with E-state index in [0.29, 0.717) is 18.2 Å². The second-order valence-corrected chi connectivity index (χ2v) is 8.58. The number of nitrogens with zero attached hydrogens (tertiary/aromatic N) is 2. The maximum Gasteiger partial charge on any atom is 0.251 e. The maximum atomic E-state index is 13.1. The van der Waals surface area contributed by atoms with Gasteiger partial charge in [-0.3, -0.25) is 14.5 Å². The van der Waals surface area contributed by atoms with Gasteiger partial charge in [0.25, 0.3) is 5.91 Å². The number of aryl methyl sites for hydroxylation is 1. The van der Waals surface area contributed by atoms with Crippen LogP contribution in [0.3, 0.4) is 0 Å². The molecule has 32 heavy (non-hydrogen) atoms. The van der Waals surface area contributed by atoms with Gasteiger partial charge in [0, 0.05) is 0 Å². The molecule has 1 atom stereocenters. The van der Waals surface area contributed by atoms with E-state index in [1.54, 1.807) is 31.4 Å². The molecule has 2 fully saturated rings. The molecule has 2 saturated heterocycles. The van der Waals surface area contributed by atoms with Crippen LogP contribution in [0.25, 0.3) is 0 Å². The van der Waals surface area contributed by atoms with Crippen LogP contribution in [0.4, 0.5) is 5.69 Å². The molecule has 0 unspecified atom stereocenters. The van der Waals surface area contributed by atoms with Crippen molar-refractivity contribution in [1.29, 1.82) is 0 Å². The third-order valence-electron chi connectivity index (χ3n) is 6.62. The molecule has 2 heterocycles. The molecule has 0 radical (unpaired) electrons. The van der Waals surface area contributed by atoms with E-state index in [9.17, 15) is 9.59 Å². The molecule has 0 aliphatic carbocycles. The van der Waals surface area contributed by atoms with Crippen molar-refractivity contribution in [3.05, 3.63) is 54.1 Å². The first kappa shape index (κ1) is 22.3. The SMILES string of the molecule is CCOc1ccc(N2C(=O)C[C@@H](N3CCC(CCc4ccc(OC)cc4)CC3)C2=O)cc1. The molecule has 2 aromatic carbocycles. The minimum absolute atomic E-state index is 0.101. The van der Waals surface area contributed by atoms with Gasteiger partial charge < -0.3 is 9.47 Å². The van der Waals surface area contributed by atoms with Crippen LogP contribution in [0.15, 0.2) is 48.5 Å². The Kier molecular flexibility index (Phi) is 7.10. The number of amides is 2. The minimum atomic E-state index is -0.336. The summed E-state index contributed by atoms with van der Waals surface area (Å²) >= 11 is 0. The van der Waals surface area contributed by atoms with Crippen LogP contribution < -0.4 is 14.4 Å².